The summed E-state index contributed by atoms with van der Waals surface area (Å²) in [5.41, 5.74) is 0. The van der Waals surface area contributed by atoms with E-state index in [2.05, 4.69) is 5.32 Å². The number of aliphatic carboxylic acids is 1. The van der Waals surface area contributed by atoms with Gasteiger partial charge in [-0.1, -0.05) is 13.3 Å². The Kier molecular flexibility index (Phi) is 5.83. The minimum absolute atomic E-state index is 0.0733. The predicted octanol–water partition coefficient (Wildman–Crippen LogP) is 2.58. The minimum Gasteiger partial charge on any atom is -0.481 e. The zero-order valence-corrected chi connectivity index (χ0v) is 11.4. The van der Waals surface area contributed by atoms with Gasteiger partial charge in [0.25, 0.3) is 0 Å². The highest BCUT2D eigenvalue weighted by molar-refractivity contribution is 5.78. The summed E-state index contributed by atoms with van der Waals surface area (Å²) < 4.78 is 37.9. The Morgan fingerprint density at radius 3 is 2.55 bits per heavy atom. The van der Waals surface area contributed by atoms with E-state index in [9.17, 15) is 22.8 Å². The van der Waals surface area contributed by atoms with Crippen LogP contribution in [-0.2, 0) is 9.59 Å². The topological polar surface area (TPSA) is 66.4 Å². The summed E-state index contributed by atoms with van der Waals surface area (Å²) in [5, 5.41) is 11.1. The quantitative estimate of drug-likeness (QED) is 0.819. The number of rotatable bonds is 5. The van der Waals surface area contributed by atoms with Crippen molar-refractivity contribution in [3.8, 4) is 0 Å². The largest absolute Gasteiger partial charge is 0.481 e. The zero-order valence-electron chi connectivity index (χ0n) is 11.4. The molecule has 2 N–H and O–H groups in total. The lowest BCUT2D eigenvalue weighted by molar-refractivity contribution is -0.186. The van der Waals surface area contributed by atoms with E-state index in [0.29, 0.717) is 12.8 Å². The molecule has 0 aromatic rings. The molecule has 0 aliphatic heterocycles. The summed E-state index contributed by atoms with van der Waals surface area (Å²) in [5.74, 6) is -3.60. The zero-order chi connectivity index (χ0) is 15.3. The van der Waals surface area contributed by atoms with Gasteiger partial charge in [0, 0.05) is 18.9 Å². The third-order valence-corrected chi connectivity index (χ3v) is 3.66. The fourth-order valence-electron chi connectivity index (χ4n) is 2.51. The average Bonchev–Trinajstić information content (AvgIpc) is 2.34. The molecular weight excluding hydrogens is 275 g/mol. The molecule has 1 amide bonds. The van der Waals surface area contributed by atoms with Gasteiger partial charge in [-0.25, -0.2) is 0 Å². The van der Waals surface area contributed by atoms with Crippen molar-refractivity contribution in [2.24, 2.45) is 17.8 Å². The van der Waals surface area contributed by atoms with Crippen molar-refractivity contribution in [2.75, 3.05) is 6.54 Å². The molecule has 3 atom stereocenters. The van der Waals surface area contributed by atoms with Crippen LogP contribution in [0.15, 0.2) is 0 Å². The van der Waals surface area contributed by atoms with E-state index in [1.165, 1.54) is 0 Å². The molecule has 0 aromatic heterocycles. The molecule has 7 heteroatoms. The van der Waals surface area contributed by atoms with Gasteiger partial charge in [-0.05, 0) is 25.2 Å². The first-order chi connectivity index (χ1) is 9.20. The minimum atomic E-state index is -4.24. The lowest BCUT2D eigenvalue weighted by Crippen LogP contribution is -2.39. The molecule has 0 saturated heterocycles. The second kappa shape index (κ2) is 6.95. The Morgan fingerprint density at radius 2 is 2.00 bits per heavy atom. The molecule has 0 bridgehead atoms. The first kappa shape index (κ1) is 16.8. The Labute approximate surface area is 115 Å². The van der Waals surface area contributed by atoms with Gasteiger partial charge in [0.15, 0.2) is 0 Å². The van der Waals surface area contributed by atoms with Crippen LogP contribution in [0.3, 0.4) is 0 Å². The number of carbonyl (C=O) groups excluding carboxylic acids is 1. The number of nitrogens with one attached hydrogen (secondary N) is 1. The third kappa shape index (κ3) is 5.38. The molecule has 0 spiro atoms. The molecule has 3 unspecified atom stereocenters. The fourth-order valence-corrected chi connectivity index (χ4v) is 2.51. The monoisotopic (exact) mass is 295 g/mol. The molecule has 1 aliphatic rings. The first-order valence-electron chi connectivity index (χ1n) is 6.76. The predicted molar refractivity (Wildman–Crippen MR) is 65.9 cm³/mol. The number of carboxylic acid groups (broad SMARTS) is 1. The second-order valence-electron chi connectivity index (χ2n) is 5.55. The maximum Gasteiger partial charge on any atom is 0.391 e. The molecule has 1 fully saturated rings. The lowest BCUT2D eigenvalue weighted by Gasteiger charge is -2.30. The van der Waals surface area contributed by atoms with Crippen molar-refractivity contribution in [1.82, 2.24) is 5.32 Å². The average molecular weight is 295 g/mol. The van der Waals surface area contributed by atoms with Crippen molar-refractivity contribution >= 4 is 11.9 Å². The fraction of sp³-hybridized carbons (Fsp3) is 0.846. The van der Waals surface area contributed by atoms with E-state index < -0.39 is 29.9 Å². The van der Waals surface area contributed by atoms with Crippen LogP contribution in [0.2, 0.25) is 0 Å². The van der Waals surface area contributed by atoms with Crippen LogP contribution in [-0.4, -0.2) is 29.7 Å². The Hall–Kier alpha value is -1.27. The third-order valence-electron chi connectivity index (χ3n) is 3.66. The smallest absolute Gasteiger partial charge is 0.391 e. The van der Waals surface area contributed by atoms with E-state index in [4.69, 9.17) is 5.11 Å². The molecule has 1 rings (SSSR count). The van der Waals surface area contributed by atoms with Gasteiger partial charge < -0.3 is 10.4 Å². The Morgan fingerprint density at radius 1 is 1.35 bits per heavy atom. The van der Waals surface area contributed by atoms with Crippen molar-refractivity contribution in [3.63, 3.8) is 0 Å². The SMILES string of the molecule is CC(CNC(=O)C1CCCC(C(F)(F)F)C1)CC(=O)O. The number of hydrogen-bond acceptors (Lipinski definition) is 2. The van der Waals surface area contributed by atoms with Crippen LogP contribution in [0.5, 0.6) is 0 Å². The molecule has 116 valence electrons. The van der Waals surface area contributed by atoms with Crippen LogP contribution in [0.4, 0.5) is 13.2 Å². The number of carboxylic acids is 1. The van der Waals surface area contributed by atoms with E-state index in [1.807, 2.05) is 0 Å². The molecule has 1 saturated carbocycles. The van der Waals surface area contributed by atoms with Gasteiger partial charge in [-0.15, -0.1) is 0 Å². The van der Waals surface area contributed by atoms with Gasteiger partial charge in [0.2, 0.25) is 5.91 Å². The van der Waals surface area contributed by atoms with Gasteiger partial charge in [0.05, 0.1) is 5.92 Å². The number of halogens is 3. The number of carbonyl (C=O) groups is 2. The lowest BCUT2D eigenvalue weighted by atomic mass is 9.80. The molecule has 4 nitrogen and oxygen atoms in total. The van der Waals surface area contributed by atoms with Crippen molar-refractivity contribution in [1.29, 1.82) is 0 Å². The van der Waals surface area contributed by atoms with Crippen molar-refractivity contribution in [2.45, 2.75) is 45.2 Å². The number of amides is 1. The number of alkyl halides is 3. The van der Waals surface area contributed by atoms with Gasteiger partial charge >= 0.3 is 12.1 Å². The van der Waals surface area contributed by atoms with Crippen LogP contribution in [0, 0.1) is 17.8 Å². The summed E-state index contributed by atoms with van der Waals surface area (Å²) >= 11 is 0. The van der Waals surface area contributed by atoms with Crippen molar-refractivity contribution < 1.29 is 27.9 Å². The summed E-state index contributed by atoms with van der Waals surface area (Å²) in [4.78, 5) is 22.3. The highest BCUT2D eigenvalue weighted by Crippen LogP contribution is 2.39. The van der Waals surface area contributed by atoms with E-state index in [1.54, 1.807) is 6.92 Å². The van der Waals surface area contributed by atoms with E-state index in [-0.39, 0.29) is 31.7 Å². The highest BCUT2D eigenvalue weighted by atomic mass is 19.4. The highest BCUT2D eigenvalue weighted by Gasteiger charge is 2.43. The maximum absolute atomic E-state index is 12.6. The molecule has 1 aliphatic carbocycles. The van der Waals surface area contributed by atoms with Crippen LogP contribution in [0.1, 0.15) is 39.0 Å². The van der Waals surface area contributed by atoms with Crippen molar-refractivity contribution in [3.05, 3.63) is 0 Å². The summed E-state index contributed by atoms with van der Waals surface area (Å²) in [6, 6.07) is 0. The summed E-state index contributed by atoms with van der Waals surface area (Å²) in [6.45, 7) is 1.85. The van der Waals surface area contributed by atoms with Crippen LogP contribution >= 0.6 is 0 Å². The number of hydrogen-bond donors (Lipinski definition) is 2. The van der Waals surface area contributed by atoms with E-state index >= 15 is 0 Å². The summed E-state index contributed by atoms with van der Waals surface area (Å²) in [7, 11) is 0. The molecule has 0 heterocycles. The molecule has 0 radical (unpaired) electrons. The standard InChI is InChI=1S/C13H20F3NO3/c1-8(5-11(18)19)7-17-12(20)9-3-2-4-10(6-9)13(14,15)16/h8-10H,2-7H2,1H3,(H,17,20)(H,18,19). The molecule has 20 heavy (non-hydrogen) atoms. The van der Waals surface area contributed by atoms with Crippen LogP contribution < -0.4 is 5.32 Å². The van der Waals surface area contributed by atoms with Gasteiger partial charge in [-0.3, -0.25) is 9.59 Å². The van der Waals surface area contributed by atoms with E-state index in [0.717, 1.165) is 0 Å². The molecule has 0 aromatic carbocycles. The second-order valence-corrected chi connectivity index (χ2v) is 5.55. The first-order valence-corrected chi connectivity index (χ1v) is 6.76. The normalized spacial score (nSPS) is 25.0. The Balaban J connectivity index is 2.41. The van der Waals surface area contributed by atoms with Gasteiger partial charge in [-0.2, -0.15) is 13.2 Å². The van der Waals surface area contributed by atoms with Gasteiger partial charge in [0.1, 0.15) is 0 Å². The Bertz CT molecular complexity index is 357. The molecular formula is C13H20F3NO3. The summed E-state index contributed by atoms with van der Waals surface area (Å²) in [6.07, 6.45) is -3.53. The maximum atomic E-state index is 12.6. The van der Waals surface area contributed by atoms with Crippen LogP contribution in [0.25, 0.3) is 0 Å².